The Labute approximate surface area is 225 Å². The molecule has 192 valence electrons. The van der Waals surface area contributed by atoms with Gasteiger partial charge in [0.15, 0.2) is 11.0 Å². The minimum atomic E-state index is -0.456. The predicted octanol–water partition coefficient (Wildman–Crippen LogP) is 6.42. The highest BCUT2D eigenvalue weighted by molar-refractivity contribution is 7.98. The quantitative estimate of drug-likeness (QED) is 0.239. The Kier molecular flexibility index (Phi) is 8.58. The van der Waals surface area contributed by atoms with Crippen LogP contribution in [0, 0.1) is 6.92 Å². The summed E-state index contributed by atoms with van der Waals surface area (Å²) >= 11 is 7.90. The number of halogens is 1. The van der Waals surface area contributed by atoms with E-state index in [9.17, 15) is 4.79 Å². The van der Waals surface area contributed by atoms with Crippen molar-refractivity contribution in [1.82, 2.24) is 20.1 Å². The molecular formula is C27H28ClN5O3S. The zero-order valence-corrected chi connectivity index (χ0v) is 22.6. The van der Waals surface area contributed by atoms with E-state index in [-0.39, 0.29) is 6.03 Å². The Bertz CT molecular complexity index is 1390. The third kappa shape index (κ3) is 6.55. The molecule has 4 aromatic rings. The lowest BCUT2D eigenvalue weighted by Gasteiger charge is -2.18. The first kappa shape index (κ1) is 26.4. The number of anilines is 1. The van der Waals surface area contributed by atoms with Crippen molar-refractivity contribution < 1.29 is 14.3 Å². The molecule has 0 saturated heterocycles. The molecule has 0 spiro atoms. The van der Waals surface area contributed by atoms with Crippen LogP contribution in [-0.2, 0) is 5.75 Å². The lowest BCUT2D eigenvalue weighted by atomic mass is 10.2. The number of aromatic nitrogens is 3. The SMILES string of the molecule is COc1cccc(CSc2nnc(C(C)NC(=O)Nc3cccc(OC)c3)n2-c2cc(Cl)ccc2C)c1. The van der Waals surface area contributed by atoms with Gasteiger partial charge in [0.25, 0.3) is 0 Å². The van der Waals surface area contributed by atoms with Gasteiger partial charge in [-0.25, -0.2) is 4.79 Å². The number of amides is 2. The summed E-state index contributed by atoms with van der Waals surface area (Å²) in [5.74, 6) is 2.69. The number of ether oxygens (including phenoxy) is 2. The second-order valence-electron chi connectivity index (χ2n) is 8.30. The number of nitrogens with zero attached hydrogens (tertiary/aromatic N) is 3. The first-order valence-corrected chi connectivity index (χ1v) is 12.9. The molecule has 0 saturated carbocycles. The third-order valence-corrected chi connectivity index (χ3v) is 6.87. The fraction of sp³-hybridized carbons (Fsp3) is 0.222. The normalized spacial score (nSPS) is 11.6. The van der Waals surface area contributed by atoms with Crippen LogP contribution in [0.1, 0.15) is 29.9 Å². The molecule has 10 heteroatoms. The molecule has 1 atom stereocenters. The first-order valence-electron chi connectivity index (χ1n) is 11.6. The molecule has 2 N–H and O–H groups in total. The Morgan fingerprint density at radius 3 is 2.51 bits per heavy atom. The molecule has 0 fully saturated rings. The smallest absolute Gasteiger partial charge is 0.319 e. The molecule has 2 amide bonds. The van der Waals surface area contributed by atoms with Crippen molar-refractivity contribution in [2.45, 2.75) is 30.8 Å². The molecule has 0 aliphatic heterocycles. The van der Waals surface area contributed by atoms with Gasteiger partial charge in [-0.05, 0) is 61.4 Å². The highest BCUT2D eigenvalue weighted by Gasteiger charge is 2.22. The van der Waals surface area contributed by atoms with E-state index in [4.69, 9.17) is 21.1 Å². The maximum atomic E-state index is 12.8. The van der Waals surface area contributed by atoms with Crippen LogP contribution in [0.2, 0.25) is 5.02 Å². The molecule has 1 aromatic heterocycles. The summed E-state index contributed by atoms with van der Waals surface area (Å²) in [5, 5.41) is 16.0. The van der Waals surface area contributed by atoms with Gasteiger partial charge in [0.2, 0.25) is 0 Å². The number of urea groups is 1. The molecule has 0 aliphatic carbocycles. The minimum Gasteiger partial charge on any atom is -0.497 e. The number of thioether (sulfide) groups is 1. The van der Waals surface area contributed by atoms with E-state index in [0.717, 1.165) is 22.6 Å². The Morgan fingerprint density at radius 1 is 1.03 bits per heavy atom. The van der Waals surface area contributed by atoms with Crippen LogP contribution in [0.4, 0.5) is 10.5 Å². The monoisotopic (exact) mass is 537 g/mol. The molecule has 3 aromatic carbocycles. The van der Waals surface area contributed by atoms with Gasteiger partial charge in [0.05, 0.1) is 25.9 Å². The fourth-order valence-electron chi connectivity index (χ4n) is 3.74. The summed E-state index contributed by atoms with van der Waals surface area (Å²) in [4.78, 5) is 12.8. The Balaban J connectivity index is 1.60. The Morgan fingerprint density at radius 2 is 1.76 bits per heavy atom. The molecule has 1 heterocycles. The molecule has 8 nitrogen and oxygen atoms in total. The zero-order chi connectivity index (χ0) is 26.4. The van der Waals surface area contributed by atoms with Crippen molar-refractivity contribution in [3.63, 3.8) is 0 Å². The average molecular weight is 538 g/mol. The van der Waals surface area contributed by atoms with Crippen molar-refractivity contribution in [3.05, 3.63) is 88.7 Å². The molecule has 0 bridgehead atoms. The number of carbonyl (C=O) groups is 1. The van der Waals surface area contributed by atoms with Crippen LogP contribution >= 0.6 is 23.4 Å². The van der Waals surface area contributed by atoms with Gasteiger partial charge in [-0.3, -0.25) is 4.57 Å². The predicted molar refractivity (Wildman–Crippen MR) is 147 cm³/mol. The molecule has 0 radical (unpaired) electrons. The van der Waals surface area contributed by atoms with E-state index in [1.807, 2.05) is 73.0 Å². The van der Waals surface area contributed by atoms with Crippen LogP contribution in [-0.4, -0.2) is 35.0 Å². The van der Waals surface area contributed by atoms with Crippen molar-refractivity contribution in [2.75, 3.05) is 19.5 Å². The van der Waals surface area contributed by atoms with Gasteiger partial charge < -0.3 is 20.1 Å². The van der Waals surface area contributed by atoms with Crippen LogP contribution in [0.5, 0.6) is 11.5 Å². The fourth-order valence-corrected chi connectivity index (χ4v) is 4.81. The number of aryl methyl sites for hydroxylation is 1. The van der Waals surface area contributed by atoms with Crippen molar-refractivity contribution in [1.29, 1.82) is 0 Å². The topological polar surface area (TPSA) is 90.3 Å². The molecule has 4 rings (SSSR count). The van der Waals surface area contributed by atoms with E-state index in [1.54, 1.807) is 38.1 Å². The summed E-state index contributed by atoms with van der Waals surface area (Å²) < 4.78 is 12.5. The summed E-state index contributed by atoms with van der Waals surface area (Å²) in [7, 11) is 3.23. The number of methoxy groups -OCH3 is 2. The zero-order valence-electron chi connectivity index (χ0n) is 21.0. The molecule has 0 aliphatic rings. The van der Waals surface area contributed by atoms with Gasteiger partial charge in [0.1, 0.15) is 11.5 Å². The van der Waals surface area contributed by atoms with Crippen LogP contribution in [0.15, 0.2) is 71.9 Å². The first-order chi connectivity index (χ1) is 17.9. The van der Waals surface area contributed by atoms with E-state index >= 15 is 0 Å². The van der Waals surface area contributed by atoms with Crippen molar-refractivity contribution in [3.8, 4) is 17.2 Å². The lowest BCUT2D eigenvalue weighted by Crippen LogP contribution is -2.32. The summed E-state index contributed by atoms with van der Waals surface area (Å²) in [5.41, 5.74) is 3.56. The van der Waals surface area contributed by atoms with E-state index in [1.165, 1.54) is 0 Å². The minimum absolute atomic E-state index is 0.372. The van der Waals surface area contributed by atoms with E-state index < -0.39 is 6.04 Å². The maximum absolute atomic E-state index is 12.8. The molecule has 1 unspecified atom stereocenters. The number of nitrogens with one attached hydrogen (secondary N) is 2. The molecular weight excluding hydrogens is 510 g/mol. The number of rotatable bonds is 9. The van der Waals surface area contributed by atoms with Gasteiger partial charge in [-0.1, -0.05) is 47.6 Å². The van der Waals surface area contributed by atoms with Crippen molar-refractivity contribution in [2.24, 2.45) is 0 Å². The van der Waals surface area contributed by atoms with Crippen LogP contribution in [0.3, 0.4) is 0 Å². The third-order valence-electron chi connectivity index (χ3n) is 5.64. The number of carbonyl (C=O) groups excluding carboxylic acids is 1. The summed E-state index contributed by atoms with van der Waals surface area (Å²) in [6.07, 6.45) is 0. The second kappa shape index (κ2) is 12.0. The summed E-state index contributed by atoms with van der Waals surface area (Å²) in [6, 6.07) is 19.9. The van der Waals surface area contributed by atoms with Gasteiger partial charge in [0, 0.05) is 22.5 Å². The van der Waals surface area contributed by atoms with Crippen LogP contribution in [0.25, 0.3) is 5.69 Å². The highest BCUT2D eigenvalue weighted by Crippen LogP contribution is 2.31. The Hall–Kier alpha value is -3.69. The van der Waals surface area contributed by atoms with Crippen molar-refractivity contribution >= 4 is 35.1 Å². The molecule has 37 heavy (non-hydrogen) atoms. The van der Waals surface area contributed by atoms with Gasteiger partial charge >= 0.3 is 6.03 Å². The second-order valence-corrected chi connectivity index (χ2v) is 9.68. The van der Waals surface area contributed by atoms with E-state index in [2.05, 4.69) is 20.8 Å². The van der Waals surface area contributed by atoms with E-state index in [0.29, 0.717) is 33.2 Å². The number of hydrogen-bond donors (Lipinski definition) is 2. The van der Waals surface area contributed by atoms with Gasteiger partial charge in [-0.15, -0.1) is 10.2 Å². The number of hydrogen-bond acceptors (Lipinski definition) is 6. The maximum Gasteiger partial charge on any atom is 0.319 e. The standard InChI is InChI=1S/C27H28ClN5O3S/c1-17-11-12-20(28)14-24(17)33-25(18(2)29-26(34)30-21-8-6-10-23(15-21)36-4)31-32-27(33)37-16-19-7-5-9-22(13-19)35-3/h5-15,18H,16H2,1-4H3,(H2,29,30,34). The van der Waals surface area contributed by atoms with Crippen LogP contribution < -0.4 is 20.1 Å². The highest BCUT2D eigenvalue weighted by atomic mass is 35.5. The number of benzene rings is 3. The lowest BCUT2D eigenvalue weighted by molar-refractivity contribution is 0.249. The van der Waals surface area contributed by atoms with Gasteiger partial charge in [-0.2, -0.15) is 0 Å². The average Bonchev–Trinajstić information content (AvgIpc) is 3.33. The largest absolute Gasteiger partial charge is 0.497 e. The summed E-state index contributed by atoms with van der Waals surface area (Å²) in [6.45, 7) is 3.86.